The SMILES string of the molecule is CCN(C(=O)c1cccc(CN2CCCC2=O)c1)C(C)c1ccc(C#N)cc1. The first-order valence-electron chi connectivity index (χ1n) is 9.71. The maximum atomic E-state index is 13.2. The fourth-order valence-corrected chi connectivity index (χ4v) is 3.67. The van der Waals surface area contributed by atoms with Gasteiger partial charge in [0, 0.05) is 31.6 Å². The van der Waals surface area contributed by atoms with Crippen molar-refractivity contribution in [2.45, 2.75) is 39.3 Å². The molecule has 1 fully saturated rings. The largest absolute Gasteiger partial charge is 0.338 e. The van der Waals surface area contributed by atoms with Gasteiger partial charge < -0.3 is 9.80 Å². The van der Waals surface area contributed by atoms with E-state index in [2.05, 4.69) is 6.07 Å². The Balaban J connectivity index is 1.77. The molecule has 144 valence electrons. The van der Waals surface area contributed by atoms with Gasteiger partial charge in [-0.05, 0) is 55.7 Å². The molecule has 1 atom stereocenters. The number of likely N-dealkylation sites (tertiary alicyclic amines) is 1. The first-order chi connectivity index (χ1) is 13.5. The van der Waals surface area contributed by atoms with Crippen LogP contribution in [0, 0.1) is 11.3 Å². The summed E-state index contributed by atoms with van der Waals surface area (Å²) in [4.78, 5) is 28.7. The minimum absolute atomic E-state index is 0.0334. The summed E-state index contributed by atoms with van der Waals surface area (Å²) in [6, 6.07) is 16.9. The van der Waals surface area contributed by atoms with Crippen molar-refractivity contribution in [1.82, 2.24) is 9.80 Å². The summed E-state index contributed by atoms with van der Waals surface area (Å²) in [6.45, 7) is 5.88. The molecule has 1 aliphatic rings. The third kappa shape index (κ3) is 4.23. The van der Waals surface area contributed by atoms with E-state index in [1.807, 2.05) is 60.0 Å². The summed E-state index contributed by atoms with van der Waals surface area (Å²) in [5, 5.41) is 8.96. The fraction of sp³-hybridized carbons (Fsp3) is 0.348. The quantitative estimate of drug-likeness (QED) is 0.769. The van der Waals surface area contributed by atoms with Crippen molar-refractivity contribution in [3.8, 4) is 6.07 Å². The third-order valence-electron chi connectivity index (χ3n) is 5.31. The van der Waals surface area contributed by atoms with Crippen LogP contribution in [0.3, 0.4) is 0 Å². The van der Waals surface area contributed by atoms with Crippen molar-refractivity contribution in [2.75, 3.05) is 13.1 Å². The number of carbonyl (C=O) groups is 2. The van der Waals surface area contributed by atoms with Gasteiger partial charge in [-0.1, -0.05) is 24.3 Å². The lowest BCUT2D eigenvalue weighted by atomic mass is 10.0. The van der Waals surface area contributed by atoms with Gasteiger partial charge >= 0.3 is 0 Å². The third-order valence-corrected chi connectivity index (χ3v) is 5.31. The van der Waals surface area contributed by atoms with Crippen LogP contribution < -0.4 is 0 Å². The molecule has 1 unspecified atom stereocenters. The molecule has 5 nitrogen and oxygen atoms in total. The highest BCUT2D eigenvalue weighted by molar-refractivity contribution is 5.94. The zero-order chi connectivity index (χ0) is 20.1. The molecule has 0 bridgehead atoms. The van der Waals surface area contributed by atoms with Gasteiger partial charge in [-0.2, -0.15) is 5.26 Å². The van der Waals surface area contributed by atoms with Crippen LogP contribution >= 0.6 is 0 Å². The first kappa shape index (κ1) is 19.6. The lowest BCUT2D eigenvalue weighted by Gasteiger charge is -2.29. The Kier molecular flexibility index (Phi) is 6.10. The Labute approximate surface area is 166 Å². The van der Waals surface area contributed by atoms with E-state index in [-0.39, 0.29) is 17.9 Å². The molecular weight excluding hydrogens is 350 g/mol. The highest BCUT2D eigenvalue weighted by Crippen LogP contribution is 2.23. The van der Waals surface area contributed by atoms with Crippen LogP contribution in [-0.2, 0) is 11.3 Å². The minimum Gasteiger partial charge on any atom is -0.338 e. The monoisotopic (exact) mass is 375 g/mol. The Bertz CT molecular complexity index is 899. The highest BCUT2D eigenvalue weighted by atomic mass is 16.2. The molecule has 3 rings (SSSR count). The van der Waals surface area contributed by atoms with Crippen molar-refractivity contribution in [3.05, 3.63) is 70.8 Å². The normalized spacial score (nSPS) is 14.6. The lowest BCUT2D eigenvalue weighted by Crippen LogP contribution is -2.33. The second-order valence-corrected chi connectivity index (χ2v) is 7.12. The molecular formula is C23H25N3O2. The number of nitrogens with zero attached hydrogens (tertiary/aromatic N) is 3. The lowest BCUT2D eigenvalue weighted by molar-refractivity contribution is -0.128. The maximum Gasteiger partial charge on any atom is 0.254 e. The van der Waals surface area contributed by atoms with E-state index >= 15 is 0 Å². The number of benzene rings is 2. The maximum absolute atomic E-state index is 13.2. The molecule has 0 radical (unpaired) electrons. The predicted octanol–water partition coefficient (Wildman–Crippen LogP) is 3.90. The van der Waals surface area contributed by atoms with Crippen LogP contribution in [-0.4, -0.2) is 34.7 Å². The van der Waals surface area contributed by atoms with Crippen LogP contribution in [0.1, 0.15) is 59.8 Å². The molecule has 0 aliphatic carbocycles. The van der Waals surface area contributed by atoms with E-state index in [1.54, 1.807) is 12.1 Å². The van der Waals surface area contributed by atoms with Crippen molar-refractivity contribution in [1.29, 1.82) is 5.26 Å². The summed E-state index contributed by atoms with van der Waals surface area (Å²) in [7, 11) is 0. The van der Waals surface area contributed by atoms with Gasteiger partial charge in [0.25, 0.3) is 5.91 Å². The van der Waals surface area contributed by atoms with Gasteiger partial charge in [-0.15, -0.1) is 0 Å². The van der Waals surface area contributed by atoms with Crippen LogP contribution in [0.5, 0.6) is 0 Å². The van der Waals surface area contributed by atoms with Crippen molar-refractivity contribution in [2.24, 2.45) is 0 Å². The number of amides is 2. The molecule has 2 amide bonds. The van der Waals surface area contributed by atoms with E-state index in [0.29, 0.717) is 30.6 Å². The van der Waals surface area contributed by atoms with Gasteiger partial charge in [-0.3, -0.25) is 9.59 Å². The smallest absolute Gasteiger partial charge is 0.254 e. The summed E-state index contributed by atoms with van der Waals surface area (Å²) < 4.78 is 0. The molecule has 2 aromatic carbocycles. The summed E-state index contributed by atoms with van der Waals surface area (Å²) in [5.74, 6) is 0.148. The minimum atomic E-state index is -0.103. The van der Waals surface area contributed by atoms with E-state index in [0.717, 1.165) is 24.1 Å². The van der Waals surface area contributed by atoms with Crippen LogP contribution in [0.25, 0.3) is 0 Å². The number of hydrogen-bond donors (Lipinski definition) is 0. The summed E-state index contributed by atoms with van der Waals surface area (Å²) in [5.41, 5.74) is 3.21. The zero-order valence-corrected chi connectivity index (χ0v) is 16.4. The number of rotatable bonds is 6. The van der Waals surface area contributed by atoms with Crippen LogP contribution in [0.2, 0.25) is 0 Å². The standard InChI is InChI=1S/C23H25N3O2/c1-3-26(17(2)20-11-9-18(15-24)10-12-20)23(28)21-7-4-6-19(14-21)16-25-13-5-8-22(25)27/h4,6-7,9-12,14,17H,3,5,8,13,16H2,1-2H3. The van der Waals surface area contributed by atoms with Gasteiger partial charge in [0.2, 0.25) is 5.91 Å². The molecule has 2 aromatic rings. The average molecular weight is 375 g/mol. The fourth-order valence-electron chi connectivity index (χ4n) is 3.67. The molecule has 0 saturated carbocycles. The number of carbonyl (C=O) groups excluding carboxylic acids is 2. The second-order valence-electron chi connectivity index (χ2n) is 7.12. The van der Waals surface area contributed by atoms with E-state index in [1.165, 1.54) is 0 Å². The summed E-state index contributed by atoms with van der Waals surface area (Å²) >= 11 is 0. The van der Waals surface area contributed by atoms with Gasteiger partial charge in [0.05, 0.1) is 17.7 Å². The predicted molar refractivity (Wildman–Crippen MR) is 107 cm³/mol. The molecule has 0 N–H and O–H groups in total. The number of hydrogen-bond acceptors (Lipinski definition) is 3. The van der Waals surface area contributed by atoms with Crippen LogP contribution in [0.15, 0.2) is 48.5 Å². The second kappa shape index (κ2) is 8.71. The first-order valence-corrected chi connectivity index (χ1v) is 9.71. The van der Waals surface area contributed by atoms with Crippen molar-refractivity contribution >= 4 is 11.8 Å². The van der Waals surface area contributed by atoms with Crippen molar-refractivity contribution < 1.29 is 9.59 Å². The molecule has 5 heteroatoms. The molecule has 1 aliphatic heterocycles. The molecule has 28 heavy (non-hydrogen) atoms. The zero-order valence-electron chi connectivity index (χ0n) is 16.4. The molecule has 0 spiro atoms. The Morgan fingerprint density at radius 2 is 2.00 bits per heavy atom. The Hall–Kier alpha value is -3.13. The van der Waals surface area contributed by atoms with Gasteiger partial charge in [0.15, 0.2) is 0 Å². The van der Waals surface area contributed by atoms with E-state index < -0.39 is 0 Å². The molecule has 0 aromatic heterocycles. The van der Waals surface area contributed by atoms with Gasteiger partial charge in [-0.25, -0.2) is 0 Å². The Morgan fingerprint density at radius 1 is 1.25 bits per heavy atom. The molecule has 1 saturated heterocycles. The highest BCUT2D eigenvalue weighted by Gasteiger charge is 2.23. The number of nitriles is 1. The van der Waals surface area contributed by atoms with E-state index in [4.69, 9.17) is 5.26 Å². The molecule has 1 heterocycles. The topological polar surface area (TPSA) is 64.4 Å². The van der Waals surface area contributed by atoms with Crippen molar-refractivity contribution in [3.63, 3.8) is 0 Å². The van der Waals surface area contributed by atoms with Gasteiger partial charge in [0.1, 0.15) is 0 Å². The average Bonchev–Trinajstić information content (AvgIpc) is 3.13. The summed E-state index contributed by atoms with van der Waals surface area (Å²) in [6.07, 6.45) is 1.52. The van der Waals surface area contributed by atoms with E-state index in [9.17, 15) is 9.59 Å². The van der Waals surface area contributed by atoms with Crippen LogP contribution in [0.4, 0.5) is 0 Å². The Morgan fingerprint density at radius 3 is 2.61 bits per heavy atom.